The summed E-state index contributed by atoms with van der Waals surface area (Å²) in [6, 6.07) is 64.8. The second-order valence-corrected chi connectivity index (χ2v) is 15.6. The Kier molecular flexibility index (Phi) is 6.61. The fourth-order valence-electron chi connectivity index (χ4n) is 9.38. The number of oxazole rings is 1. The van der Waals surface area contributed by atoms with Gasteiger partial charge in [0.25, 0.3) is 0 Å². The van der Waals surface area contributed by atoms with Crippen LogP contribution in [-0.2, 0) is 0 Å². The second kappa shape index (κ2) is 12.4. The van der Waals surface area contributed by atoms with Crippen molar-refractivity contribution in [3.8, 4) is 39.9 Å². The first-order valence-electron chi connectivity index (χ1n) is 20.6. The third kappa shape index (κ3) is 4.62. The van der Waals surface area contributed by atoms with E-state index < -0.39 is 0 Å². The molecule has 14 rings (SSSR count). The minimum atomic E-state index is 0.548. The van der Waals surface area contributed by atoms with E-state index >= 15 is 0 Å². The normalized spacial score (nSPS) is 12.2. The molecule has 0 aliphatic rings. The lowest BCUT2D eigenvalue weighted by molar-refractivity contribution is 0.620. The molecule has 0 bridgehead atoms. The molecular weight excluding hydrogens is 767 g/mol. The van der Waals surface area contributed by atoms with Crippen LogP contribution in [0.3, 0.4) is 0 Å². The smallest absolute Gasteiger partial charge is 0.227 e. The molecule has 0 spiro atoms. The predicted molar refractivity (Wildman–Crippen MR) is 246 cm³/mol. The van der Waals surface area contributed by atoms with Gasteiger partial charge < -0.3 is 4.42 Å². The molecule has 10 heteroatoms. The summed E-state index contributed by atoms with van der Waals surface area (Å²) in [6.45, 7) is 0. The fraction of sp³-hybridized carbons (Fsp3) is 0. The van der Waals surface area contributed by atoms with Crippen LogP contribution in [0, 0.1) is 0 Å². The molecular formula is C52H31N9O. The number of rotatable bonds is 5. The van der Waals surface area contributed by atoms with Gasteiger partial charge in [-0.05, 0) is 115 Å². The molecule has 6 aromatic heterocycles. The summed E-state index contributed by atoms with van der Waals surface area (Å²) < 4.78 is 17.6. The van der Waals surface area contributed by atoms with Crippen molar-refractivity contribution in [2.24, 2.45) is 0 Å². The molecule has 14 aromatic rings. The van der Waals surface area contributed by atoms with Crippen LogP contribution in [0.4, 0.5) is 0 Å². The van der Waals surface area contributed by atoms with Gasteiger partial charge in [-0.3, -0.25) is 22.5 Å². The van der Waals surface area contributed by atoms with Crippen LogP contribution in [0.15, 0.2) is 192 Å². The summed E-state index contributed by atoms with van der Waals surface area (Å²) in [5.41, 5.74) is 16.6. The van der Waals surface area contributed by atoms with Crippen LogP contribution in [0.5, 0.6) is 0 Å². The van der Waals surface area contributed by atoms with E-state index in [1.165, 1.54) is 0 Å². The molecule has 0 aliphatic heterocycles. The minimum absolute atomic E-state index is 0.548. The lowest BCUT2D eigenvalue weighted by atomic mass is 10.1. The van der Waals surface area contributed by atoms with Gasteiger partial charge in [0, 0.05) is 34.3 Å². The third-order valence-electron chi connectivity index (χ3n) is 12.1. The van der Waals surface area contributed by atoms with E-state index in [0.717, 1.165) is 106 Å². The van der Waals surface area contributed by atoms with Crippen LogP contribution in [0.25, 0.3) is 118 Å². The fourth-order valence-corrected chi connectivity index (χ4v) is 9.38. The molecule has 0 N–H and O–H groups in total. The summed E-state index contributed by atoms with van der Waals surface area (Å²) >= 11 is 0. The molecule has 6 heterocycles. The van der Waals surface area contributed by atoms with Crippen molar-refractivity contribution in [3.05, 3.63) is 188 Å². The van der Waals surface area contributed by atoms with Gasteiger partial charge in [0.1, 0.15) is 11.3 Å². The summed E-state index contributed by atoms with van der Waals surface area (Å²) in [6.07, 6.45) is 0. The molecule has 0 amide bonds. The Hall–Kier alpha value is -8.76. The van der Waals surface area contributed by atoms with Gasteiger partial charge in [-0.15, -0.1) is 0 Å². The van der Waals surface area contributed by atoms with Gasteiger partial charge in [-0.1, -0.05) is 66.7 Å². The highest BCUT2D eigenvalue weighted by molar-refractivity contribution is 5.96. The molecule has 62 heavy (non-hydrogen) atoms. The van der Waals surface area contributed by atoms with E-state index in [1.54, 1.807) is 0 Å². The predicted octanol–water partition coefficient (Wildman–Crippen LogP) is 12.0. The van der Waals surface area contributed by atoms with E-state index in [9.17, 15) is 0 Å². The van der Waals surface area contributed by atoms with Crippen molar-refractivity contribution in [1.29, 1.82) is 0 Å². The monoisotopic (exact) mass is 797 g/mol. The van der Waals surface area contributed by atoms with Gasteiger partial charge in [-0.25, -0.2) is 19.9 Å². The maximum Gasteiger partial charge on any atom is 0.227 e. The number of imidazole rings is 5. The van der Waals surface area contributed by atoms with Crippen LogP contribution < -0.4 is 0 Å². The molecule has 0 unspecified atom stereocenters. The van der Waals surface area contributed by atoms with Gasteiger partial charge in [-0.2, -0.15) is 0 Å². The number of nitrogens with zero attached hydrogens (tertiary/aromatic N) is 9. The Morgan fingerprint density at radius 3 is 1.39 bits per heavy atom. The Morgan fingerprint density at radius 1 is 0.323 bits per heavy atom. The van der Waals surface area contributed by atoms with Crippen LogP contribution >= 0.6 is 0 Å². The van der Waals surface area contributed by atoms with Crippen molar-refractivity contribution < 1.29 is 4.42 Å². The Labute approximate surface area is 351 Å². The van der Waals surface area contributed by atoms with E-state index in [2.05, 4.69) is 186 Å². The van der Waals surface area contributed by atoms with Gasteiger partial charge in [0.2, 0.25) is 17.4 Å². The first-order chi connectivity index (χ1) is 30.7. The second-order valence-electron chi connectivity index (χ2n) is 15.6. The van der Waals surface area contributed by atoms with Crippen molar-refractivity contribution in [2.45, 2.75) is 0 Å². The topological polar surface area (TPSA) is 88.3 Å². The molecule has 290 valence electrons. The summed E-state index contributed by atoms with van der Waals surface area (Å²) in [5, 5.41) is 0. The number of para-hydroxylation sites is 9. The highest BCUT2D eigenvalue weighted by Gasteiger charge is 2.21. The first-order valence-corrected chi connectivity index (χ1v) is 20.6. The Balaban J connectivity index is 0.859. The average Bonchev–Trinajstić information content (AvgIpc) is 4.17. The van der Waals surface area contributed by atoms with Crippen LogP contribution in [0.2, 0.25) is 0 Å². The quantitative estimate of drug-likeness (QED) is 0.173. The highest BCUT2D eigenvalue weighted by Crippen LogP contribution is 2.36. The number of aromatic nitrogens is 9. The number of hydrogen-bond donors (Lipinski definition) is 0. The summed E-state index contributed by atoms with van der Waals surface area (Å²) in [5.74, 6) is 3.12. The molecule has 0 fully saturated rings. The third-order valence-corrected chi connectivity index (χ3v) is 12.1. The summed E-state index contributed by atoms with van der Waals surface area (Å²) in [4.78, 5) is 20.4. The average molecular weight is 798 g/mol. The molecule has 10 nitrogen and oxygen atoms in total. The zero-order valence-electron chi connectivity index (χ0n) is 32.8. The zero-order chi connectivity index (χ0) is 40.5. The van der Waals surface area contributed by atoms with E-state index in [4.69, 9.17) is 24.4 Å². The number of hydrogen-bond acceptors (Lipinski definition) is 5. The SMILES string of the molecule is c1ccc(-n2c(-c3ccc(-n4c5ccccc5n5c6ccccc6nc45)cc3)nc3cc4oc(-c5ccc(-n6c7ccccc7n7c8ccccc8nc67)cc5)nc4cc32)cc1. The maximum atomic E-state index is 6.49. The van der Waals surface area contributed by atoms with Crippen molar-refractivity contribution in [3.63, 3.8) is 0 Å². The Morgan fingerprint density at radius 2 is 0.806 bits per heavy atom. The van der Waals surface area contributed by atoms with Crippen LogP contribution in [-0.4, -0.2) is 42.4 Å². The van der Waals surface area contributed by atoms with E-state index in [0.29, 0.717) is 11.5 Å². The lowest BCUT2D eigenvalue weighted by Gasteiger charge is -2.11. The summed E-state index contributed by atoms with van der Waals surface area (Å²) in [7, 11) is 0. The zero-order valence-corrected chi connectivity index (χ0v) is 32.8. The minimum Gasteiger partial charge on any atom is -0.436 e. The molecule has 0 aliphatic carbocycles. The molecule has 8 aromatic carbocycles. The van der Waals surface area contributed by atoms with Crippen LogP contribution in [0.1, 0.15) is 0 Å². The number of benzene rings is 8. The lowest BCUT2D eigenvalue weighted by Crippen LogP contribution is -1.98. The van der Waals surface area contributed by atoms with Crippen molar-refractivity contribution in [1.82, 2.24) is 42.4 Å². The molecule has 0 saturated carbocycles. The van der Waals surface area contributed by atoms with Crippen molar-refractivity contribution >= 4 is 77.8 Å². The van der Waals surface area contributed by atoms with E-state index in [1.807, 2.05) is 24.3 Å². The first kappa shape index (κ1) is 33.1. The largest absolute Gasteiger partial charge is 0.436 e. The van der Waals surface area contributed by atoms with Crippen molar-refractivity contribution in [2.75, 3.05) is 0 Å². The molecule has 0 atom stereocenters. The maximum absolute atomic E-state index is 6.49. The highest BCUT2D eigenvalue weighted by atomic mass is 16.3. The van der Waals surface area contributed by atoms with E-state index in [-0.39, 0.29) is 0 Å². The van der Waals surface area contributed by atoms with Gasteiger partial charge in [0.15, 0.2) is 5.58 Å². The standard InChI is InChI=1S/C52H31N9O/c1-2-12-34(13-3-1)57-47-30-40-48(62-50(54-40)33-24-28-36(29-25-33)59-44-19-9-11-21-46(44)61-42-17-7-5-15-38(42)56-52(59)61)31-39(47)53-49(57)32-22-26-35(27-23-32)58-43-18-8-10-20-45(43)60-41-16-6-4-14-37(41)55-51(58)60/h1-31H. The number of fused-ring (bicyclic) bond motifs is 12. The molecule has 0 saturated heterocycles. The van der Waals surface area contributed by atoms with Gasteiger partial charge in [0.05, 0.1) is 55.2 Å². The molecule has 0 radical (unpaired) electrons. The Bertz CT molecular complexity index is 4090. The van der Waals surface area contributed by atoms with Gasteiger partial charge >= 0.3 is 0 Å².